The third kappa shape index (κ3) is 4.42. The molecule has 4 heteroatoms. The first-order valence-electron chi connectivity index (χ1n) is 7.86. The third-order valence-electron chi connectivity index (χ3n) is 3.73. The van der Waals surface area contributed by atoms with Crippen LogP contribution >= 0.6 is 0 Å². The van der Waals surface area contributed by atoms with Crippen molar-refractivity contribution in [1.29, 1.82) is 0 Å². The number of rotatable bonds is 6. The molecule has 0 atom stereocenters. The molecule has 0 fully saturated rings. The minimum Gasteiger partial charge on any atom is -0.482 e. The van der Waals surface area contributed by atoms with Gasteiger partial charge in [-0.1, -0.05) is 45.0 Å². The summed E-state index contributed by atoms with van der Waals surface area (Å²) in [7, 11) is 1.63. The van der Waals surface area contributed by atoms with Gasteiger partial charge in [0.25, 0.3) is 0 Å². The number of hydrogen-bond donors (Lipinski definition) is 0. The first kappa shape index (κ1) is 18.1. The molecule has 0 heterocycles. The van der Waals surface area contributed by atoms with Crippen LogP contribution < -0.4 is 4.74 Å². The lowest BCUT2D eigenvalue weighted by Gasteiger charge is -2.23. The van der Waals surface area contributed by atoms with Gasteiger partial charge >= 0.3 is 0 Å². The molecular weight excluding hydrogens is 307 g/mol. The standard InChI is InChI=1S/C20H23FO3/c1-20(2,3)16-10-9-14(11-15(16)12-23-4)18(22)13-24-19-8-6-5-7-17(19)21/h5-11H,12-13H2,1-4H3. The zero-order valence-corrected chi connectivity index (χ0v) is 14.6. The van der Waals surface area contributed by atoms with Crippen LogP contribution in [-0.2, 0) is 16.8 Å². The van der Waals surface area contributed by atoms with Crippen LogP contribution in [0.5, 0.6) is 5.75 Å². The van der Waals surface area contributed by atoms with Crippen molar-refractivity contribution < 1.29 is 18.7 Å². The molecule has 3 nitrogen and oxygen atoms in total. The highest BCUT2D eigenvalue weighted by Crippen LogP contribution is 2.27. The molecule has 0 saturated carbocycles. The number of carbonyl (C=O) groups excluding carboxylic acids is 1. The van der Waals surface area contributed by atoms with Gasteiger partial charge < -0.3 is 9.47 Å². The molecule has 2 rings (SSSR count). The Morgan fingerprint density at radius 3 is 2.46 bits per heavy atom. The Hall–Kier alpha value is -2.20. The fourth-order valence-corrected chi connectivity index (χ4v) is 2.56. The Kier molecular flexibility index (Phi) is 5.73. The number of hydrogen-bond acceptors (Lipinski definition) is 3. The van der Waals surface area contributed by atoms with E-state index in [2.05, 4.69) is 20.8 Å². The average molecular weight is 330 g/mol. The minimum atomic E-state index is -0.478. The van der Waals surface area contributed by atoms with Gasteiger partial charge in [0.15, 0.2) is 24.0 Å². The molecule has 0 unspecified atom stereocenters. The maximum Gasteiger partial charge on any atom is 0.200 e. The molecule has 0 saturated heterocycles. The summed E-state index contributed by atoms with van der Waals surface area (Å²) in [4.78, 5) is 12.4. The molecule has 0 aromatic heterocycles. The normalized spacial score (nSPS) is 11.4. The molecular formula is C20H23FO3. The van der Waals surface area contributed by atoms with E-state index >= 15 is 0 Å². The summed E-state index contributed by atoms with van der Waals surface area (Å²) in [6.45, 7) is 6.57. The molecule has 0 amide bonds. The van der Waals surface area contributed by atoms with Crippen LogP contribution in [0.15, 0.2) is 42.5 Å². The summed E-state index contributed by atoms with van der Waals surface area (Å²) in [6.07, 6.45) is 0. The van der Waals surface area contributed by atoms with E-state index in [4.69, 9.17) is 9.47 Å². The SMILES string of the molecule is COCc1cc(C(=O)COc2ccccc2F)ccc1C(C)(C)C. The van der Waals surface area contributed by atoms with Crippen LogP contribution in [0.2, 0.25) is 0 Å². The number of Topliss-reactive ketones (excluding diaryl/α,β-unsaturated/α-hetero) is 1. The van der Waals surface area contributed by atoms with E-state index in [-0.39, 0.29) is 23.6 Å². The number of halogens is 1. The number of ether oxygens (including phenoxy) is 2. The zero-order valence-electron chi connectivity index (χ0n) is 14.6. The number of para-hydroxylation sites is 1. The van der Waals surface area contributed by atoms with E-state index in [0.717, 1.165) is 11.1 Å². The lowest BCUT2D eigenvalue weighted by Crippen LogP contribution is -2.17. The second-order valence-electron chi connectivity index (χ2n) is 6.70. The molecule has 0 bridgehead atoms. The van der Waals surface area contributed by atoms with E-state index in [1.165, 1.54) is 12.1 Å². The van der Waals surface area contributed by atoms with Crippen LogP contribution in [0.3, 0.4) is 0 Å². The lowest BCUT2D eigenvalue weighted by molar-refractivity contribution is 0.0918. The fraction of sp³-hybridized carbons (Fsp3) is 0.350. The Balaban J connectivity index is 2.17. The number of methoxy groups -OCH3 is 1. The van der Waals surface area contributed by atoms with Crippen molar-refractivity contribution in [2.45, 2.75) is 32.8 Å². The van der Waals surface area contributed by atoms with Crippen LogP contribution in [0.1, 0.15) is 42.3 Å². The fourth-order valence-electron chi connectivity index (χ4n) is 2.56. The van der Waals surface area contributed by atoms with Gasteiger partial charge in [-0.2, -0.15) is 0 Å². The highest BCUT2D eigenvalue weighted by Gasteiger charge is 2.19. The topological polar surface area (TPSA) is 35.5 Å². The lowest BCUT2D eigenvalue weighted by atomic mass is 9.83. The molecule has 2 aromatic rings. The van der Waals surface area contributed by atoms with Gasteiger partial charge in [-0.3, -0.25) is 4.79 Å². The summed E-state index contributed by atoms with van der Waals surface area (Å²) < 4.78 is 24.1. The van der Waals surface area contributed by atoms with Gasteiger partial charge in [-0.05, 0) is 34.7 Å². The Labute approximate surface area is 142 Å². The Morgan fingerprint density at radius 1 is 1.12 bits per heavy atom. The predicted molar refractivity (Wildman–Crippen MR) is 92.1 cm³/mol. The first-order valence-corrected chi connectivity index (χ1v) is 7.86. The van der Waals surface area contributed by atoms with Crippen molar-refractivity contribution in [2.75, 3.05) is 13.7 Å². The summed E-state index contributed by atoms with van der Waals surface area (Å²) >= 11 is 0. The Morgan fingerprint density at radius 2 is 1.83 bits per heavy atom. The highest BCUT2D eigenvalue weighted by molar-refractivity contribution is 5.97. The molecule has 0 aliphatic heterocycles. The Bertz CT molecular complexity index is 717. The van der Waals surface area contributed by atoms with Crippen LogP contribution in [-0.4, -0.2) is 19.5 Å². The van der Waals surface area contributed by atoms with Crippen LogP contribution in [0.25, 0.3) is 0 Å². The van der Waals surface area contributed by atoms with E-state index in [0.29, 0.717) is 12.2 Å². The molecule has 0 N–H and O–H groups in total. The van der Waals surface area contributed by atoms with Crippen molar-refractivity contribution in [3.05, 3.63) is 65.0 Å². The number of carbonyl (C=O) groups is 1. The summed E-state index contributed by atoms with van der Waals surface area (Å²) in [5.41, 5.74) is 2.60. The van der Waals surface area contributed by atoms with Crippen molar-refractivity contribution >= 4 is 5.78 Å². The zero-order chi connectivity index (χ0) is 17.7. The maximum atomic E-state index is 13.5. The van der Waals surface area contributed by atoms with Crippen molar-refractivity contribution in [3.63, 3.8) is 0 Å². The number of ketones is 1. The smallest absolute Gasteiger partial charge is 0.200 e. The molecule has 0 radical (unpaired) electrons. The summed E-state index contributed by atoms with van der Waals surface area (Å²) in [6, 6.07) is 11.6. The molecule has 128 valence electrons. The third-order valence-corrected chi connectivity index (χ3v) is 3.73. The molecule has 0 aliphatic carbocycles. The van der Waals surface area contributed by atoms with Gasteiger partial charge in [0.1, 0.15) is 0 Å². The van der Waals surface area contributed by atoms with Gasteiger partial charge in [-0.15, -0.1) is 0 Å². The average Bonchev–Trinajstić information content (AvgIpc) is 2.53. The second-order valence-corrected chi connectivity index (χ2v) is 6.70. The van der Waals surface area contributed by atoms with Crippen LogP contribution in [0, 0.1) is 5.82 Å². The summed E-state index contributed by atoms with van der Waals surface area (Å²) in [5, 5.41) is 0. The van der Waals surface area contributed by atoms with Crippen molar-refractivity contribution in [1.82, 2.24) is 0 Å². The molecule has 24 heavy (non-hydrogen) atoms. The molecule has 0 spiro atoms. The maximum absolute atomic E-state index is 13.5. The van der Waals surface area contributed by atoms with Gasteiger partial charge in [0.2, 0.25) is 0 Å². The van der Waals surface area contributed by atoms with Crippen molar-refractivity contribution in [3.8, 4) is 5.75 Å². The van der Waals surface area contributed by atoms with Gasteiger partial charge in [-0.25, -0.2) is 4.39 Å². The van der Waals surface area contributed by atoms with E-state index in [9.17, 15) is 9.18 Å². The van der Waals surface area contributed by atoms with E-state index in [1.54, 1.807) is 25.3 Å². The van der Waals surface area contributed by atoms with Crippen molar-refractivity contribution in [2.24, 2.45) is 0 Å². The summed E-state index contributed by atoms with van der Waals surface area (Å²) in [5.74, 6) is -0.598. The monoisotopic (exact) mass is 330 g/mol. The largest absolute Gasteiger partial charge is 0.482 e. The highest BCUT2D eigenvalue weighted by atomic mass is 19.1. The van der Waals surface area contributed by atoms with Gasteiger partial charge in [0.05, 0.1) is 6.61 Å². The van der Waals surface area contributed by atoms with E-state index in [1.807, 2.05) is 12.1 Å². The predicted octanol–water partition coefficient (Wildman–Crippen LogP) is 4.53. The second kappa shape index (κ2) is 7.58. The quantitative estimate of drug-likeness (QED) is 0.730. The minimum absolute atomic E-state index is 0.0426. The molecule has 2 aromatic carbocycles. The van der Waals surface area contributed by atoms with Gasteiger partial charge in [0, 0.05) is 12.7 Å². The first-order chi connectivity index (χ1) is 11.3. The van der Waals surface area contributed by atoms with E-state index < -0.39 is 5.82 Å². The molecule has 0 aliphatic rings. The van der Waals surface area contributed by atoms with Crippen LogP contribution in [0.4, 0.5) is 4.39 Å². The number of benzene rings is 2.